The minimum Gasteiger partial charge on any atom is -0.489 e. The zero-order chi connectivity index (χ0) is 14.3. The summed E-state index contributed by atoms with van der Waals surface area (Å²) in [5.74, 6) is 1.36. The number of halogens is 2. The van der Waals surface area contributed by atoms with Crippen molar-refractivity contribution in [1.29, 1.82) is 0 Å². The molecule has 1 aromatic rings. The Morgan fingerprint density at radius 1 is 1.21 bits per heavy atom. The minimum absolute atomic E-state index is 0.136. The SMILES string of the molecule is CC(C)CNCCCC(C)Oc1cc(Cl)ccc1Cl. The maximum absolute atomic E-state index is 6.06. The van der Waals surface area contributed by atoms with Gasteiger partial charge >= 0.3 is 0 Å². The van der Waals surface area contributed by atoms with Crippen molar-refractivity contribution >= 4 is 23.2 Å². The van der Waals surface area contributed by atoms with Gasteiger partial charge in [0.15, 0.2) is 0 Å². The molecule has 0 bridgehead atoms. The third-order valence-corrected chi connectivity index (χ3v) is 3.29. The Morgan fingerprint density at radius 3 is 2.63 bits per heavy atom. The Balaban J connectivity index is 2.27. The van der Waals surface area contributed by atoms with Crippen molar-refractivity contribution in [3.8, 4) is 5.75 Å². The molecule has 0 heterocycles. The van der Waals surface area contributed by atoms with Gasteiger partial charge < -0.3 is 10.1 Å². The van der Waals surface area contributed by atoms with Crippen LogP contribution in [0.4, 0.5) is 0 Å². The number of ether oxygens (including phenoxy) is 1. The molecule has 19 heavy (non-hydrogen) atoms. The second kappa shape index (κ2) is 8.68. The van der Waals surface area contributed by atoms with Gasteiger partial charge in [-0.15, -0.1) is 0 Å². The normalized spacial score (nSPS) is 12.7. The Morgan fingerprint density at radius 2 is 1.95 bits per heavy atom. The highest BCUT2D eigenvalue weighted by Gasteiger charge is 2.08. The minimum atomic E-state index is 0.136. The third-order valence-electron chi connectivity index (χ3n) is 2.74. The zero-order valence-corrected chi connectivity index (χ0v) is 13.4. The summed E-state index contributed by atoms with van der Waals surface area (Å²) in [6.45, 7) is 8.56. The van der Waals surface area contributed by atoms with Crippen LogP contribution >= 0.6 is 23.2 Å². The van der Waals surface area contributed by atoms with Gasteiger partial charge in [0.1, 0.15) is 5.75 Å². The van der Waals surface area contributed by atoms with E-state index in [1.165, 1.54) is 0 Å². The van der Waals surface area contributed by atoms with Gasteiger partial charge in [-0.1, -0.05) is 37.0 Å². The van der Waals surface area contributed by atoms with E-state index in [1.807, 2.05) is 0 Å². The molecule has 0 aliphatic heterocycles. The van der Waals surface area contributed by atoms with Gasteiger partial charge in [0, 0.05) is 11.1 Å². The lowest BCUT2D eigenvalue weighted by atomic mass is 10.2. The highest BCUT2D eigenvalue weighted by Crippen LogP contribution is 2.28. The molecule has 2 nitrogen and oxygen atoms in total. The molecule has 1 atom stereocenters. The van der Waals surface area contributed by atoms with Crippen molar-refractivity contribution < 1.29 is 4.74 Å². The van der Waals surface area contributed by atoms with Crippen LogP contribution in [0.25, 0.3) is 0 Å². The van der Waals surface area contributed by atoms with Gasteiger partial charge in [0.25, 0.3) is 0 Å². The second-order valence-corrected chi connectivity index (χ2v) is 6.09. The molecule has 0 aromatic heterocycles. The summed E-state index contributed by atoms with van der Waals surface area (Å²) in [6.07, 6.45) is 2.22. The monoisotopic (exact) mass is 303 g/mol. The van der Waals surface area contributed by atoms with E-state index in [4.69, 9.17) is 27.9 Å². The topological polar surface area (TPSA) is 21.3 Å². The fraction of sp³-hybridized carbons (Fsp3) is 0.600. The van der Waals surface area contributed by atoms with Crippen LogP contribution in [0.15, 0.2) is 18.2 Å². The molecule has 1 unspecified atom stereocenters. The van der Waals surface area contributed by atoms with Gasteiger partial charge in [-0.25, -0.2) is 0 Å². The highest BCUT2D eigenvalue weighted by atomic mass is 35.5. The smallest absolute Gasteiger partial charge is 0.139 e. The first-order valence-electron chi connectivity index (χ1n) is 6.81. The fourth-order valence-corrected chi connectivity index (χ4v) is 2.07. The van der Waals surface area contributed by atoms with Crippen LogP contribution in [-0.4, -0.2) is 19.2 Å². The largest absolute Gasteiger partial charge is 0.489 e. The molecule has 0 spiro atoms. The van der Waals surface area contributed by atoms with Crippen LogP contribution in [0.3, 0.4) is 0 Å². The van der Waals surface area contributed by atoms with E-state index >= 15 is 0 Å². The second-order valence-electron chi connectivity index (χ2n) is 5.24. The van der Waals surface area contributed by atoms with E-state index in [0.717, 1.165) is 25.9 Å². The van der Waals surface area contributed by atoms with Gasteiger partial charge in [0.2, 0.25) is 0 Å². The molecule has 0 saturated carbocycles. The summed E-state index contributed by atoms with van der Waals surface area (Å²) in [5, 5.41) is 4.67. The van der Waals surface area contributed by atoms with Crippen molar-refractivity contribution in [2.45, 2.75) is 39.7 Å². The number of rotatable bonds is 8. The average molecular weight is 304 g/mol. The predicted molar refractivity (Wildman–Crippen MR) is 83.5 cm³/mol. The highest BCUT2D eigenvalue weighted by molar-refractivity contribution is 6.34. The first-order valence-corrected chi connectivity index (χ1v) is 7.57. The van der Waals surface area contributed by atoms with Crippen LogP contribution in [-0.2, 0) is 0 Å². The van der Waals surface area contributed by atoms with Crippen molar-refractivity contribution in [1.82, 2.24) is 5.32 Å². The summed E-state index contributed by atoms with van der Waals surface area (Å²) in [4.78, 5) is 0. The van der Waals surface area contributed by atoms with Crippen LogP contribution in [0, 0.1) is 5.92 Å². The van der Waals surface area contributed by atoms with Gasteiger partial charge in [-0.2, -0.15) is 0 Å². The van der Waals surface area contributed by atoms with E-state index in [-0.39, 0.29) is 6.10 Å². The number of hydrogen-bond donors (Lipinski definition) is 1. The third kappa shape index (κ3) is 7.05. The molecule has 4 heteroatoms. The van der Waals surface area contributed by atoms with Crippen molar-refractivity contribution in [3.63, 3.8) is 0 Å². The van der Waals surface area contributed by atoms with Crippen molar-refractivity contribution in [2.75, 3.05) is 13.1 Å². The van der Waals surface area contributed by atoms with Crippen LogP contribution in [0.2, 0.25) is 10.0 Å². The standard InChI is InChI=1S/C15H23Cl2NO/c1-11(2)10-18-8-4-5-12(3)19-15-9-13(16)6-7-14(15)17/h6-7,9,11-12,18H,4-5,8,10H2,1-3H3. The van der Waals surface area contributed by atoms with Gasteiger partial charge in [0.05, 0.1) is 11.1 Å². The summed E-state index contributed by atoms with van der Waals surface area (Å²) in [5.41, 5.74) is 0. The van der Waals surface area contributed by atoms with E-state index < -0.39 is 0 Å². The summed E-state index contributed by atoms with van der Waals surface area (Å²) in [6, 6.07) is 5.28. The fourth-order valence-electron chi connectivity index (χ4n) is 1.75. The molecule has 108 valence electrons. The zero-order valence-electron chi connectivity index (χ0n) is 11.9. The number of hydrogen-bond acceptors (Lipinski definition) is 2. The van der Waals surface area contributed by atoms with E-state index in [0.29, 0.717) is 21.7 Å². The molecule has 0 fully saturated rings. The summed E-state index contributed by atoms with van der Waals surface area (Å²) >= 11 is 12.0. The Bertz CT molecular complexity index is 382. The lowest BCUT2D eigenvalue weighted by Crippen LogP contribution is -2.22. The van der Waals surface area contributed by atoms with Gasteiger partial charge in [-0.05, 0) is 50.9 Å². The molecular weight excluding hydrogens is 281 g/mol. The molecule has 1 N–H and O–H groups in total. The predicted octanol–water partition coefficient (Wildman–Crippen LogP) is 4.79. The first-order chi connectivity index (χ1) is 8.99. The Labute approximate surface area is 126 Å². The molecule has 1 rings (SSSR count). The summed E-state index contributed by atoms with van der Waals surface area (Å²) < 4.78 is 5.81. The first kappa shape index (κ1) is 16.6. The van der Waals surface area contributed by atoms with E-state index in [2.05, 4.69) is 26.1 Å². The van der Waals surface area contributed by atoms with Gasteiger partial charge in [-0.3, -0.25) is 0 Å². The molecule has 0 radical (unpaired) electrons. The van der Waals surface area contributed by atoms with E-state index in [9.17, 15) is 0 Å². The maximum atomic E-state index is 6.06. The Kier molecular flexibility index (Phi) is 7.59. The number of nitrogens with one attached hydrogen (secondary N) is 1. The van der Waals surface area contributed by atoms with Crippen LogP contribution in [0.1, 0.15) is 33.6 Å². The lowest BCUT2D eigenvalue weighted by Gasteiger charge is -2.16. The van der Waals surface area contributed by atoms with Crippen molar-refractivity contribution in [2.24, 2.45) is 5.92 Å². The molecule has 0 aliphatic carbocycles. The maximum Gasteiger partial charge on any atom is 0.139 e. The van der Waals surface area contributed by atoms with Crippen LogP contribution in [0.5, 0.6) is 5.75 Å². The average Bonchev–Trinajstić information content (AvgIpc) is 2.33. The van der Waals surface area contributed by atoms with Crippen molar-refractivity contribution in [3.05, 3.63) is 28.2 Å². The summed E-state index contributed by atoms with van der Waals surface area (Å²) in [7, 11) is 0. The molecule has 0 amide bonds. The van der Waals surface area contributed by atoms with E-state index in [1.54, 1.807) is 18.2 Å². The molecule has 0 saturated heterocycles. The molecule has 1 aromatic carbocycles. The quantitative estimate of drug-likeness (QED) is 0.697. The lowest BCUT2D eigenvalue weighted by molar-refractivity contribution is 0.207. The number of benzene rings is 1. The Hall–Kier alpha value is -0.440. The van der Waals surface area contributed by atoms with Crippen LogP contribution < -0.4 is 10.1 Å². The molecular formula is C15H23Cl2NO. The molecule has 0 aliphatic rings.